The molecule has 4 nitrogen and oxygen atoms in total. The highest BCUT2D eigenvalue weighted by atomic mass is 35.5. The van der Waals surface area contributed by atoms with Gasteiger partial charge in [0.2, 0.25) is 0 Å². The predicted molar refractivity (Wildman–Crippen MR) is 144 cm³/mol. The highest BCUT2D eigenvalue weighted by molar-refractivity contribution is 7.80. The van der Waals surface area contributed by atoms with E-state index < -0.39 is 0 Å². The van der Waals surface area contributed by atoms with Gasteiger partial charge in [0.15, 0.2) is 5.11 Å². The smallest absolute Gasteiger partial charge is 0.174 e. The molecule has 35 heavy (non-hydrogen) atoms. The van der Waals surface area contributed by atoms with Gasteiger partial charge in [0.25, 0.3) is 0 Å². The van der Waals surface area contributed by atoms with Gasteiger partial charge in [-0.25, -0.2) is 4.39 Å². The Hall–Kier alpha value is -2.93. The molecule has 0 aliphatic carbocycles. The minimum absolute atomic E-state index is 0.205. The summed E-state index contributed by atoms with van der Waals surface area (Å²) in [4.78, 5) is 6.67. The summed E-state index contributed by atoms with van der Waals surface area (Å²) in [7, 11) is 0. The van der Waals surface area contributed by atoms with Crippen molar-refractivity contribution in [3.63, 3.8) is 0 Å². The van der Waals surface area contributed by atoms with Crippen molar-refractivity contribution in [2.75, 3.05) is 4.90 Å². The molecule has 2 aromatic carbocycles. The summed E-state index contributed by atoms with van der Waals surface area (Å²) in [6.07, 6.45) is 1.78. The summed E-state index contributed by atoms with van der Waals surface area (Å²) in [5, 5.41) is 5.18. The summed E-state index contributed by atoms with van der Waals surface area (Å²) >= 11 is 18.6. The number of hydrogen-bond acceptors (Lipinski definition) is 2. The number of hydrogen-bond donors (Lipinski definition) is 1. The van der Waals surface area contributed by atoms with Crippen molar-refractivity contribution >= 4 is 46.2 Å². The fourth-order valence-electron chi connectivity index (χ4n) is 4.85. The number of pyridine rings is 1. The van der Waals surface area contributed by atoms with Crippen LogP contribution in [0.25, 0.3) is 5.69 Å². The predicted octanol–water partition coefficient (Wildman–Crippen LogP) is 7.42. The van der Waals surface area contributed by atoms with Gasteiger partial charge < -0.3 is 14.8 Å². The first-order chi connectivity index (χ1) is 16.8. The summed E-state index contributed by atoms with van der Waals surface area (Å²) in [5.74, 6) is -0.250. The van der Waals surface area contributed by atoms with Gasteiger partial charge in [0, 0.05) is 28.3 Å². The van der Waals surface area contributed by atoms with Gasteiger partial charge in [-0.1, -0.05) is 29.3 Å². The molecule has 0 saturated carbocycles. The van der Waals surface area contributed by atoms with E-state index >= 15 is 0 Å². The van der Waals surface area contributed by atoms with Crippen molar-refractivity contribution < 1.29 is 4.39 Å². The van der Waals surface area contributed by atoms with E-state index in [0.717, 1.165) is 34.0 Å². The Labute approximate surface area is 219 Å². The maximum atomic E-state index is 14.1. The number of nitrogens with one attached hydrogen (secondary N) is 1. The molecule has 0 amide bonds. The van der Waals surface area contributed by atoms with E-state index in [1.165, 1.54) is 6.07 Å². The van der Waals surface area contributed by atoms with Crippen molar-refractivity contribution in [1.29, 1.82) is 0 Å². The van der Waals surface area contributed by atoms with Crippen LogP contribution in [0.2, 0.25) is 10.0 Å². The highest BCUT2D eigenvalue weighted by Crippen LogP contribution is 2.44. The number of aryl methyl sites for hydroxylation is 2. The lowest BCUT2D eigenvalue weighted by molar-refractivity contribution is 0.564. The molecule has 3 heterocycles. The summed E-state index contributed by atoms with van der Waals surface area (Å²) in [6.45, 7) is 5.87. The molecule has 0 radical (unpaired) electrons. The third-order valence-electron chi connectivity index (χ3n) is 6.46. The van der Waals surface area contributed by atoms with Crippen LogP contribution in [0.3, 0.4) is 0 Å². The molecule has 178 valence electrons. The fourth-order valence-corrected chi connectivity index (χ4v) is 5.69. The number of nitrogens with zero attached hydrogens (tertiary/aromatic N) is 3. The second-order valence-corrected chi connectivity index (χ2v) is 9.92. The summed E-state index contributed by atoms with van der Waals surface area (Å²) in [6, 6.07) is 18.1. The maximum Gasteiger partial charge on any atom is 0.174 e. The minimum atomic E-state index is -0.250. The molecule has 1 fully saturated rings. The van der Waals surface area contributed by atoms with Crippen LogP contribution in [0.5, 0.6) is 0 Å². The fraction of sp³-hybridized carbons (Fsp3) is 0.185. The van der Waals surface area contributed by atoms with Crippen LogP contribution in [0.1, 0.15) is 40.3 Å². The average Bonchev–Trinajstić information content (AvgIpc) is 3.32. The van der Waals surface area contributed by atoms with Crippen LogP contribution in [-0.4, -0.2) is 14.7 Å². The van der Waals surface area contributed by atoms with E-state index in [-0.39, 0.29) is 17.9 Å². The Kier molecular flexibility index (Phi) is 6.30. The van der Waals surface area contributed by atoms with E-state index in [0.29, 0.717) is 20.7 Å². The normalized spacial score (nSPS) is 17.7. The molecule has 0 bridgehead atoms. The molecule has 1 N–H and O–H groups in total. The zero-order valence-electron chi connectivity index (χ0n) is 19.4. The van der Waals surface area contributed by atoms with E-state index in [4.69, 9.17) is 35.4 Å². The summed E-state index contributed by atoms with van der Waals surface area (Å²) < 4.78 is 16.2. The highest BCUT2D eigenvalue weighted by Gasteiger charge is 2.42. The van der Waals surface area contributed by atoms with Crippen molar-refractivity contribution in [1.82, 2.24) is 14.9 Å². The van der Waals surface area contributed by atoms with Crippen molar-refractivity contribution in [2.45, 2.75) is 32.9 Å². The van der Waals surface area contributed by atoms with Crippen LogP contribution in [-0.2, 0) is 0 Å². The molecule has 1 aliphatic rings. The number of anilines is 1. The minimum Gasteiger partial charge on any atom is -0.351 e. The zero-order valence-corrected chi connectivity index (χ0v) is 21.7. The van der Waals surface area contributed by atoms with Crippen LogP contribution in [0.4, 0.5) is 10.1 Å². The zero-order chi connectivity index (χ0) is 24.9. The molecule has 1 aliphatic heterocycles. The molecule has 0 unspecified atom stereocenters. The first kappa shape index (κ1) is 23.8. The lowest BCUT2D eigenvalue weighted by Gasteiger charge is -2.28. The average molecular weight is 525 g/mol. The van der Waals surface area contributed by atoms with Gasteiger partial charge in [-0.15, -0.1) is 0 Å². The monoisotopic (exact) mass is 524 g/mol. The van der Waals surface area contributed by atoms with Crippen LogP contribution >= 0.6 is 35.4 Å². The van der Waals surface area contributed by atoms with Gasteiger partial charge in [0.05, 0.1) is 28.5 Å². The first-order valence-electron chi connectivity index (χ1n) is 11.2. The third kappa shape index (κ3) is 4.20. The van der Waals surface area contributed by atoms with Crippen molar-refractivity contribution in [3.05, 3.63) is 111 Å². The molecular weight excluding hydrogens is 502 g/mol. The van der Waals surface area contributed by atoms with Gasteiger partial charge >= 0.3 is 0 Å². The lowest BCUT2D eigenvalue weighted by atomic mass is 9.96. The number of thiocarbonyl (C=S) groups is 1. The molecule has 8 heteroatoms. The topological polar surface area (TPSA) is 33.1 Å². The second kappa shape index (κ2) is 9.26. The SMILES string of the molecule is Cc1cc(N2C(=S)N[C@H](c3ccccn3)[C@@H]2c2cc(C)n(-c3ccc(Cl)cc3Cl)c2C)ccc1F. The molecule has 2 aromatic heterocycles. The molecule has 1 saturated heterocycles. The quantitative estimate of drug-likeness (QED) is 0.281. The summed E-state index contributed by atoms with van der Waals surface area (Å²) in [5.41, 5.74) is 6.21. The van der Waals surface area contributed by atoms with Gasteiger partial charge in [-0.05, 0) is 98.7 Å². The van der Waals surface area contributed by atoms with Gasteiger partial charge in [-0.2, -0.15) is 0 Å². The molecule has 2 atom stereocenters. The lowest BCUT2D eigenvalue weighted by Crippen LogP contribution is -2.29. The van der Waals surface area contributed by atoms with Crippen LogP contribution < -0.4 is 10.2 Å². The first-order valence-corrected chi connectivity index (χ1v) is 12.3. The van der Waals surface area contributed by atoms with E-state index in [1.807, 2.05) is 43.3 Å². The van der Waals surface area contributed by atoms with E-state index in [2.05, 4.69) is 32.8 Å². The van der Waals surface area contributed by atoms with Crippen LogP contribution in [0, 0.1) is 26.6 Å². The Morgan fingerprint density at radius 2 is 1.80 bits per heavy atom. The van der Waals surface area contributed by atoms with Gasteiger partial charge in [0.1, 0.15) is 5.82 Å². The Balaban J connectivity index is 1.70. The standard InChI is InChI=1S/C27H23Cl2FN4S/c1-15-12-19(8-9-22(15)30)34-26(25(32-27(34)35)23-6-4-5-11-31-23)20-13-16(2)33(17(20)3)24-10-7-18(28)14-21(24)29/h4-14,25-26H,1-3H3,(H,32,35)/t25-,26+/m1/s1. The number of benzene rings is 2. The van der Waals surface area contributed by atoms with Crippen LogP contribution in [0.15, 0.2) is 66.9 Å². The molecule has 4 aromatic rings. The number of aromatic nitrogens is 2. The maximum absolute atomic E-state index is 14.1. The van der Waals surface area contributed by atoms with Crippen molar-refractivity contribution in [3.8, 4) is 5.69 Å². The largest absolute Gasteiger partial charge is 0.351 e. The third-order valence-corrected chi connectivity index (χ3v) is 7.31. The second-order valence-electron chi connectivity index (χ2n) is 8.69. The van der Waals surface area contributed by atoms with E-state index in [1.54, 1.807) is 25.3 Å². The Morgan fingerprint density at radius 3 is 2.49 bits per heavy atom. The Bertz CT molecular complexity index is 1440. The molecule has 5 rings (SSSR count). The van der Waals surface area contributed by atoms with Gasteiger partial charge in [-0.3, -0.25) is 4.98 Å². The Morgan fingerprint density at radius 1 is 1.00 bits per heavy atom. The van der Waals surface area contributed by atoms with Crippen molar-refractivity contribution in [2.24, 2.45) is 0 Å². The molecule has 0 spiro atoms. The molecular formula is C27H23Cl2FN4S. The van der Waals surface area contributed by atoms with E-state index in [9.17, 15) is 4.39 Å². The number of halogens is 3. The number of rotatable bonds is 4.